The maximum Gasteiger partial charge on any atom is 0.216 e. The zero-order valence-electron chi connectivity index (χ0n) is 12.8. The molecule has 1 saturated carbocycles. The molecule has 0 aromatic carbocycles. The molecule has 2 aliphatic carbocycles. The second kappa shape index (κ2) is 6.59. The summed E-state index contributed by atoms with van der Waals surface area (Å²) in [7, 11) is 0. The highest BCUT2D eigenvalue weighted by Gasteiger charge is 2.37. The van der Waals surface area contributed by atoms with Crippen LogP contribution >= 0.6 is 0 Å². The van der Waals surface area contributed by atoms with E-state index in [9.17, 15) is 5.11 Å². The molecule has 4 unspecified atom stereocenters. The van der Waals surface area contributed by atoms with Crippen molar-refractivity contribution in [2.45, 2.75) is 83.3 Å². The van der Waals surface area contributed by atoms with E-state index in [4.69, 9.17) is 4.74 Å². The molecule has 1 heterocycles. The van der Waals surface area contributed by atoms with Crippen LogP contribution in [-0.2, 0) is 4.74 Å². The summed E-state index contributed by atoms with van der Waals surface area (Å²) in [6, 6.07) is 0.563. The third-order valence-electron chi connectivity index (χ3n) is 5.47. The molecule has 1 N–H and O–H groups in total. The quantitative estimate of drug-likeness (QED) is 0.634. The number of aliphatic hydroxyl groups is 1. The first-order valence-electron chi connectivity index (χ1n) is 8.49. The van der Waals surface area contributed by atoms with E-state index in [1.807, 2.05) is 0 Å². The Bertz CT molecular complexity index is 353. The lowest BCUT2D eigenvalue weighted by molar-refractivity contribution is -0.242. The van der Waals surface area contributed by atoms with Crippen LogP contribution in [0.2, 0.25) is 0 Å². The van der Waals surface area contributed by atoms with Crippen LogP contribution in [0.1, 0.15) is 64.7 Å². The van der Waals surface area contributed by atoms with Gasteiger partial charge in [0.05, 0.1) is 6.10 Å². The average molecular weight is 279 g/mol. The summed E-state index contributed by atoms with van der Waals surface area (Å²) in [5.41, 5.74) is 1.46. The van der Waals surface area contributed by atoms with Gasteiger partial charge in [-0.2, -0.15) is 0 Å². The van der Waals surface area contributed by atoms with Crippen LogP contribution in [0.4, 0.5) is 0 Å². The second-order valence-electron chi connectivity index (χ2n) is 6.90. The van der Waals surface area contributed by atoms with Crippen molar-refractivity contribution in [3.8, 4) is 0 Å². The third kappa shape index (κ3) is 3.26. The molecule has 20 heavy (non-hydrogen) atoms. The molecule has 1 aliphatic heterocycles. The van der Waals surface area contributed by atoms with E-state index < -0.39 is 6.41 Å². The van der Waals surface area contributed by atoms with Crippen LogP contribution in [0, 0.1) is 5.92 Å². The SMILES string of the molecule is CC1=CCC(OC(O)N2CCCC3CCCCC32)CC1. The van der Waals surface area contributed by atoms with Crippen molar-refractivity contribution in [3.05, 3.63) is 11.6 Å². The first-order valence-corrected chi connectivity index (χ1v) is 8.49. The molecule has 0 bridgehead atoms. The maximum atomic E-state index is 10.5. The number of rotatable bonds is 3. The van der Waals surface area contributed by atoms with Crippen LogP contribution in [0.15, 0.2) is 11.6 Å². The highest BCUT2D eigenvalue weighted by Crippen LogP contribution is 2.36. The second-order valence-corrected chi connectivity index (χ2v) is 6.90. The van der Waals surface area contributed by atoms with Crippen molar-refractivity contribution in [1.29, 1.82) is 0 Å². The summed E-state index contributed by atoms with van der Waals surface area (Å²) in [6.07, 6.45) is 12.8. The summed E-state index contributed by atoms with van der Waals surface area (Å²) in [5.74, 6) is 0.796. The predicted octanol–water partition coefficient (Wildman–Crippen LogP) is 3.43. The molecule has 4 atom stereocenters. The predicted molar refractivity (Wildman–Crippen MR) is 80.2 cm³/mol. The van der Waals surface area contributed by atoms with Crippen molar-refractivity contribution >= 4 is 0 Å². The molecule has 114 valence electrons. The summed E-state index contributed by atoms with van der Waals surface area (Å²) in [6.45, 7) is 3.19. The first-order chi connectivity index (χ1) is 9.74. The number of fused-ring (bicyclic) bond motifs is 1. The topological polar surface area (TPSA) is 32.7 Å². The first kappa shape index (κ1) is 14.6. The maximum absolute atomic E-state index is 10.5. The van der Waals surface area contributed by atoms with Gasteiger partial charge in [-0.25, -0.2) is 0 Å². The zero-order chi connectivity index (χ0) is 13.9. The number of piperidine rings is 1. The third-order valence-corrected chi connectivity index (χ3v) is 5.47. The Kier molecular flexibility index (Phi) is 4.79. The van der Waals surface area contributed by atoms with Crippen molar-refractivity contribution in [2.24, 2.45) is 5.92 Å². The van der Waals surface area contributed by atoms with Gasteiger partial charge < -0.3 is 9.84 Å². The normalized spacial score (nSPS) is 37.1. The lowest BCUT2D eigenvalue weighted by Gasteiger charge is -2.46. The fourth-order valence-corrected chi connectivity index (χ4v) is 4.25. The number of nitrogens with zero attached hydrogens (tertiary/aromatic N) is 1. The molecule has 2 fully saturated rings. The molecule has 0 radical (unpaired) electrons. The Labute approximate surface area is 123 Å². The van der Waals surface area contributed by atoms with Crippen molar-refractivity contribution in [3.63, 3.8) is 0 Å². The van der Waals surface area contributed by atoms with E-state index in [0.29, 0.717) is 6.04 Å². The van der Waals surface area contributed by atoms with Gasteiger partial charge in [0.1, 0.15) is 0 Å². The highest BCUT2D eigenvalue weighted by molar-refractivity contribution is 5.03. The van der Waals surface area contributed by atoms with E-state index in [-0.39, 0.29) is 6.10 Å². The van der Waals surface area contributed by atoms with Gasteiger partial charge in [0.2, 0.25) is 6.41 Å². The molecule has 3 nitrogen and oxygen atoms in total. The fourth-order valence-electron chi connectivity index (χ4n) is 4.25. The minimum absolute atomic E-state index is 0.206. The molecule has 0 spiro atoms. The summed E-state index contributed by atoms with van der Waals surface area (Å²) in [5, 5.41) is 10.5. The Morgan fingerprint density at radius 1 is 1.20 bits per heavy atom. The van der Waals surface area contributed by atoms with Crippen LogP contribution < -0.4 is 0 Å². The van der Waals surface area contributed by atoms with Crippen LogP contribution in [-0.4, -0.2) is 35.1 Å². The summed E-state index contributed by atoms with van der Waals surface area (Å²) >= 11 is 0. The Balaban J connectivity index is 1.57. The van der Waals surface area contributed by atoms with Crippen molar-refractivity contribution in [1.82, 2.24) is 4.90 Å². The van der Waals surface area contributed by atoms with Crippen LogP contribution in [0.3, 0.4) is 0 Å². The number of aliphatic hydroxyl groups excluding tert-OH is 1. The minimum Gasteiger partial charge on any atom is -0.356 e. The van der Waals surface area contributed by atoms with Gasteiger partial charge in [-0.1, -0.05) is 24.5 Å². The standard InChI is InChI=1S/C17H29NO2/c1-13-8-10-15(11-9-13)20-17(19)18-12-4-6-14-5-2-3-7-16(14)18/h8,14-17,19H,2-7,9-12H2,1H3. The molecule has 3 heteroatoms. The van der Waals surface area contributed by atoms with E-state index in [1.54, 1.807) is 0 Å². The molecule has 0 aromatic rings. The Morgan fingerprint density at radius 3 is 2.80 bits per heavy atom. The number of hydrogen-bond donors (Lipinski definition) is 1. The van der Waals surface area contributed by atoms with E-state index >= 15 is 0 Å². The molecule has 3 aliphatic rings. The van der Waals surface area contributed by atoms with Gasteiger partial charge in [-0.3, -0.25) is 4.90 Å². The number of allylic oxidation sites excluding steroid dienone is 1. The summed E-state index contributed by atoms with van der Waals surface area (Å²) in [4.78, 5) is 2.25. The Hall–Kier alpha value is -0.380. The zero-order valence-corrected chi connectivity index (χ0v) is 12.8. The van der Waals surface area contributed by atoms with Crippen LogP contribution in [0.5, 0.6) is 0 Å². The van der Waals surface area contributed by atoms with Gasteiger partial charge in [0.15, 0.2) is 0 Å². The highest BCUT2D eigenvalue weighted by atomic mass is 16.6. The monoisotopic (exact) mass is 279 g/mol. The number of ether oxygens (including phenoxy) is 1. The molecule has 3 rings (SSSR count). The minimum atomic E-state index is -0.683. The fraction of sp³-hybridized carbons (Fsp3) is 0.882. The molecule has 0 aromatic heterocycles. The summed E-state index contributed by atoms with van der Waals surface area (Å²) < 4.78 is 5.96. The van der Waals surface area contributed by atoms with Gasteiger partial charge in [0.25, 0.3) is 0 Å². The van der Waals surface area contributed by atoms with Gasteiger partial charge in [0, 0.05) is 12.6 Å². The average Bonchev–Trinajstić information content (AvgIpc) is 2.49. The lowest BCUT2D eigenvalue weighted by atomic mass is 9.78. The molecular weight excluding hydrogens is 250 g/mol. The van der Waals surface area contributed by atoms with Gasteiger partial charge >= 0.3 is 0 Å². The van der Waals surface area contributed by atoms with E-state index in [0.717, 1.165) is 31.7 Å². The van der Waals surface area contributed by atoms with Crippen molar-refractivity contribution < 1.29 is 9.84 Å². The van der Waals surface area contributed by atoms with Gasteiger partial charge in [-0.15, -0.1) is 0 Å². The smallest absolute Gasteiger partial charge is 0.216 e. The van der Waals surface area contributed by atoms with Crippen molar-refractivity contribution in [2.75, 3.05) is 6.54 Å². The number of hydrogen-bond acceptors (Lipinski definition) is 3. The van der Waals surface area contributed by atoms with Gasteiger partial charge in [-0.05, 0) is 57.8 Å². The largest absolute Gasteiger partial charge is 0.356 e. The molecule has 0 amide bonds. The van der Waals surface area contributed by atoms with E-state index in [1.165, 1.54) is 44.1 Å². The van der Waals surface area contributed by atoms with E-state index in [2.05, 4.69) is 17.9 Å². The molecule has 1 saturated heterocycles. The molecular formula is C17H29NO2. The lowest BCUT2D eigenvalue weighted by Crippen LogP contribution is -2.53. The van der Waals surface area contributed by atoms with Crippen LogP contribution in [0.25, 0.3) is 0 Å². The number of likely N-dealkylation sites (tertiary alicyclic amines) is 1. The Morgan fingerprint density at radius 2 is 2.00 bits per heavy atom.